The molecule has 0 saturated carbocycles. The molecule has 4 nitrogen and oxygen atoms in total. The van der Waals surface area contributed by atoms with Gasteiger partial charge in [-0.3, -0.25) is 9.59 Å². The maximum Gasteiger partial charge on any atom is 0.251 e. The molecule has 0 saturated heterocycles. The highest BCUT2D eigenvalue weighted by atomic mass is 16.5. The fourth-order valence-electron chi connectivity index (χ4n) is 2.24. The summed E-state index contributed by atoms with van der Waals surface area (Å²) in [6, 6.07) is 10.2. The largest absolute Gasteiger partial charge is 0.493 e. The van der Waals surface area contributed by atoms with Crippen molar-refractivity contribution in [3.63, 3.8) is 0 Å². The lowest BCUT2D eigenvalue weighted by molar-refractivity contribution is 0.0814. The minimum absolute atomic E-state index is 0.187. The number of ketones is 2. The fourth-order valence-corrected chi connectivity index (χ4v) is 2.24. The Morgan fingerprint density at radius 2 is 2.00 bits per heavy atom. The van der Waals surface area contributed by atoms with Gasteiger partial charge >= 0.3 is 0 Å². The molecule has 1 aromatic heterocycles. The zero-order valence-corrected chi connectivity index (χ0v) is 11.1. The van der Waals surface area contributed by atoms with Crippen molar-refractivity contribution >= 4 is 11.6 Å². The van der Waals surface area contributed by atoms with Gasteiger partial charge in [-0.1, -0.05) is 6.07 Å². The first-order chi connectivity index (χ1) is 9.65. The average molecular weight is 267 g/mol. The number of fused-ring (bicyclic) bond motifs is 1. The summed E-state index contributed by atoms with van der Waals surface area (Å²) >= 11 is 0. The van der Waals surface area contributed by atoms with Gasteiger partial charge in [0.25, 0.3) is 5.78 Å². The Morgan fingerprint density at radius 1 is 1.15 bits per heavy atom. The van der Waals surface area contributed by atoms with Gasteiger partial charge in [-0.05, 0) is 42.8 Å². The van der Waals surface area contributed by atoms with Crippen LogP contribution in [-0.2, 0) is 6.42 Å². The molecule has 2 heterocycles. The summed E-state index contributed by atoms with van der Waals surface area (Å²) in [4.78, 5) is 28.5. The highest BCUT2D eigenvalue weighted by molar-refractivity contribution is 6.48. The van der Waals surface area contributed by atoms with Crippen LogP contribution in [-0.4, -0.2) is 23.2 Å². The Hall–Kier alpha value is -2.49. The number of ether oxygens (including phenoxy) is 1. The van der Waals surface area contributed by atoms with Crippen LogP contribution in [0.4, 0.5) is 0 Å². The SMILES string of the molecule is Cc1cccc(C(=O)C(=O)c2ccc3c(c2)CCO3)n1. The molecule has 0 aliphatic carbocycles. The van der Waals surface area contributed by atoms with Crippen LogP contribution in [0.3, 0.4) is 0 Å². The minimum Gasteiger partial charge on any atom is -0.493 e. The number of aryl methyl sites for hydroxylation is 1. The number of rotatable bonds is 3. The molecule has 1 aliphatic rings. The van der Waals surface area contributed by atoms with E-state index in [1.165, 1.54) is 0 Å². The van der Waals surface area contributed by atoms with E-state index in [9.17, 15) is 9.59 Å². The van der Waals surface area contributed by atoms with Gasteiger partial charge in [0.1, 0.15) is 11.4 Å². The number of carbonyl (C=O) groups is 2. The van der Waals surface area contributed by atoms with Crippen molar-refractivity contribution in [2.24, 2.45) is 0 Å². The van der Waals surface area contributed by atoms with Crippen molar-refractivity contribution < 1.29 is 14.3 Å². The molecule has 0 N–H and O–H groups in total. The zero-order valence-electron chi connectivity index (χ0n) is 11.1. The lowest BCUT2D eigenvalue weighted by atomic mass is 10.0. The molecule has 0 atom stereocenters. The van der Waals surface area contributed by atoms with Gasteiger partial charge in [0.2, 0.25) is 5.78 Å². The van der Waals surface area contributed by atoms with Crippen molar-refractivity contribution in [2.45, 2.75) is 13.3 Å². The van der Waals surface area contributed by atoms with E-state index in [1.54, 1.807) is 43.3 Å². The van der Waals surface area contributed by atoms with E-state index in [2.05, 4.69) is 4.98 Å². The van der Waals surface area contributed by atoms with Gasteiger partial charge < -0.3 is 4.74 Å². The third-order valence-electron chi connectivity index (χ3n) is 3.28. The molecule has 2 aromatic rings. The number of benzene rings is 1. The first-order valence-electron chi connectivity index (χ1n) is 6.43. The number of aromatic nitrogens is 1. The van der Waals surface area contributed by atoms with Crippen LogP contribution in [0, 0.1) is 6.92 Å². The first-order valence-corrected chi connectivity index (χ1v) is 6.43. The Labute approximate surface area is 116 Å². The van der Waals surface area contributed by atoms with Crippen molar-refractivity contribution in [2.75, 3.05) is 6.61 Å². The number of nitrogens with zero attached hydrogens (tertiary/aromatic N) is 1. The predicted molar refractivity (Wildman–Crippen MR) is 73.3 cm³/mol. The highest BCUT2D eigenvalue weighted by Gasteiger charge is 2.22. The molecule has 3 rings (SSSR count). The quantitative estimate of drug-likeness (QED) is 0.633. The number of hydrogen-bond donors (Lipinski definition) is 0. The van der Waals surface area contributed by atoms with E-state index < -0.39 is 11.6 Å². The summed E-state index contributed by atoms with van der Waals surface area (Å²) < 4.78 is 5.39. The van der Waals surface area contributed by atoms with Crippen LogP contribution in [0.5, 0.6) is 5.75 Å². The minimum atomic E-state index is -0.576. The Morgan fingerprint density at radius 3 is 2.80 bits per heavy atom. The Kier molecular flexibility index (Phi) is 3.06. The van der Waals surface area contributed by atoms with Crippen LogP contribution in [0.25, 0.3) is 0 Å². The van der Waals surface area contributed by atoms with Crippen LogP contribution in [0.1, 0.15) is 32.1 Å². The van der Waals surface area contributed by atoms with Gasteiger partial charge in [-0.2, -0.15) is 0 Å². The predicted octanol–water partition coefficient (Wildman–Crippen LogP) is 2.39. The van der Waals surface area contributed by atoms with Gasteiger partial charge in [0, 0.05) is 17.7 Å². The molecule has 1 aromatic carbocycles. The topological polar surface area (TPSA) is 56.3 Å². The van der Waals surface area contributed by atoms with Crippen molar-refractivity contribution in [3.8, 4) is 5.75 Å². The molecular formula is C16H13NO3. The van der Waals surface area contributed by atoms with E-state index in [-0.39, 0.29) is 5.69 Å². The molecule has 4 heteroatoms. The molecule has 0 bridgehead atoms. The third kappa shape index (κ3) is 2.20. The second-order valence-electron chi connectivity index (χ2n) is 4.74. The molecule has 0 spiro atoms. The van der Waals surface area contributed by atoms with Gasteiger partial charge in [0.05, 0.1) is 6.61 Å². The third-order valence-corrected chi connectivity index (χ3v) is 3.28. The number of pyridine rings is 1. The molecule has 1 aliphatic heterocycles. The molecule has 0 fully saturated rings. The summed E-state index contributed by atoms with van der Waals surface area (Å²) in [5.74, 6) is -0.312. The van der Waals surface area contributed by atoms with E-state index in [0.717, 1.165) is 17.7 Å². The number of Topliss-reactive ketones (excluding diaryl/α,β-unsaturated/α-hetero) is 2. The molecular weight excluding hydrogens is 254 g/mol. The van der Waals surface area contributed by atoms with Gasteiger partial charge in [-0.25, -0.2) is 4.98 Å². The summed E-state index contributed by atoms with van der Waals surface area (Å²) in [5.41, 5.74) is 2.26. The molecule has 0 unspecified atom stereocenters. The highest BCUT2D eigenvalue weighted by Crippen LogP contribution is 2.26. The average Bonchev–Trinajstić information content (AvgIpc) is 2.93. The molecule has 100 valence electrons. The second kappa shape index (κ2) is 4.89. The van der Waals surface area contributed by atoms with Crippen LogP contribution >= 0.6 is 0 Å². The fraction of sp³-hybridized carbons (Fsp3) is 0.188. The maximum atomic E-state index is 12.2. The van der Waals surface area contributed by atoms with Crippen LogP contribution in [0.15, 0.2) is 36.4 Å². The lowest BCUT2D eigenvalue weighted by Gasteiger charge is -2.03. The lowest BCUT2D eigenvalue weighted by Crippen LogP contribution is -2.16. The number of carbonyl (C=O) groups excluding carboxylic acids is 2. The summed E-state index contributed by atoms with van der Waals surface area (Å²) in [7, 11) is 0. The molecule has 0 radical (unpaired) electrons. The first kappa shape index (κ1) is 12.5. The normalized spacial score (nSPS) is 12.7. The van der Waals surface area contributed by atoms with Crippen molar-refractivity contribution in [3.05, 3.63) is 58.9 Å². The molecule has 20 heavy (non-hydrogen) atoms. The number of hydrogen-bond acceptors (Lipinski definition) is 4. The molecule has 0 amide bonds. The smallest absolute Gasteiger partial charge is 0.251 e. The second-order valence-corrected chi connectivity index (χ2v) is 4.74. The van der Waals surface area contributed by atoms with Crippen molar-refractivity contribution in [1.29, 1.82) is 0 Å². The Bertz CT molecular complexity index is 707. The van der Waals surface area contributed by atoms with Crippen LogP contribution in [0.2, 0.25) is 0 Å². The van der Waals surface area contributed by atoms with Crippen molar-refractivity contribution in [1.82, 2.24) is 4.98 Å². The maximum absolute atomic E-state index is 12.2. The monoisotopic (exact) mass is 267 g/mol. The summed E-state index contributed by atoms with van der Waals surface area (Å²) in [6.07, 6.45) is 0.771. The summed E-state index contributed by atoms with van der Waals surface area (Å²) in [5, 5.41) is 0. The van der Waals surface area contributed by atoms with Crippen LogP contribution < -0.4 is 4.74 Å². The Balaban J connectivity index is 1.91. The van der Waals surface area contributed by atoms with E-state index >= 15 is 0 Å². The van der Waals surface area contributed by atoms with Gasteiger partial charge in [-0.15, -0.1) is 0 Å². The van der Waals surface area contributed by atoms with E-state index in [4.69, 9.17) is 4.74 Å². The van der Waals surface area contributed by atoms with E-state index in [1.807, 2.05) is 0 Å². The van der Waals surface area contributed by atoms with Gasteiger partial charge in [0.15, 0.2) is 0 Å². The van der Waals surface area contributed by atoms with E-state index in [0.29, 0.717) is 17.9 Å². The zero-order chi connectivity index (χ0) is 14.1. The summed E-state index contributed by atoms with van der Waals surface area (Å²) in [6.45, 7) is 2.41. The standard InChI is InChI=1S/C16H13NO3/c1-10-3-2-4-13(17-10)16(19)15(18)12-5-6-14-11(9-12)7-8-20-14/h2-6,9H,7-8H2,1H3.